The average molecular weight is 252 g/mol. The van der Waals surface area contributed by atoms with Crippen LogP contribution in [-0.4, -0.2) is 9.97 Å². The van der Waals surface area contributed by atoms with E-state index in [9.17, 15) is 0 Å². The van der Waals surface area contributed by atoms with E-state index in [1.54, 1.807) is 0 Å². The number of nitrogens with zero attached hydrogens (tertiary/aromatic N) is 1. The van der Waals surface area contributed by atoms with Crippen molar-refractivity contribution in [1.82, 2.24) is 9.97 Å². The topological polar surface area (TPSA) is 54.7 Å². The maximum absolute atomic E-state index is 5.54. The van der Waals surface area contributed by atoms with Gasteiger partial charge in [0.2, 0.25) is 0 Å². The van der Waals surface area contributed by atoms with Crippen molar-refractivity contribution in [2.45, 2.75) is 6.54 Å². The summed E-state index contributed by atoms with van der Waals surface area (Å²) in [5.74, 6) is 0.845. The largest absolute Gasteiger partial charge is 0.340 e. The molecule has 0 amide bonds. The third-order valence-corrected chi connectivity index (χ3v) is 2.64. The molecule has 0 aliphatic carbocycles. The van der Waals surface area contributed by atoms with Crippen molar-refractivity contribution < 1.29 is 0 Å². The SMILES string of the molecule is NCc1[nH]c(-c2ccccc2)nc1Br. The molecule has 1 aromatic carbocycles. The lowest BCUT2D eigenvalue weighted by molar-refractivity contribution is 1.00. The minimum atomic E-state index is 0.459. The van der Waals surface area contributed by atoms with E-state index in [1.807, 2.05) is 30.3 Å². The van der Waals surface area contributed by atoms with Crippen LogP contribution in [0.3, 0.4) is 0 Å². The number of aromatic nitrogens is 2. The van der Waals surface area contributed by atoms with Gasteiger partial charge in [0, 0.05) is 12.1 Å². The maximum Gasteiger partial charge on any atom is 0.138 e. The summed E-state index contributed by atoms with van der Waals surface area (Å²) in [6.45, 7) is 0.459. The number of halogens is 1. The smallest absolute Gasteiger partial charge is 0.138 e. The molecule has 0 aliphatic heterocycles. The predicted octanol–water partition coefficient (Wildman–Crippen LogP) is 2.30. The minimum absolute atomic E-state index is 0.459. The van der Waals surface area contributed by atoms with Crippen molar-refractivity contribution in [1.29, 1.82) is 0 Å². The molecule has 0 atom stereocenters. The number of imidazole rings is 1. The van der Waals surface area contributed by atoms with Gasteiger partial charge in [-0.05, 0) is 15.9 Å². The highest BCUT2D eigenvalue weighted by Gasteiger charge is 2.06. The second-order valence-electron chi connectivity index (χ2n) is 2.92. The first kappa shape index (κ1) is 9.43. The Morgan fingerprint density at radius 2 is 2.00 bits per heavy atom. The van der Waals surface area contributed by atoms with Crippen molar-refractivity contribution in [3.05, 3.63) is 40.6 Å². The van der Waals surface area contributed by atoms with E-state index in [2.05, 4.69) is 25.9 Å². The van der Waals surface area contributed by atoms with Gasteiger partial charge in [-0.2, -0.15) is 0 Å². The van der Waals surface area contributed by atoms with Crippen LogP contribution in [0.2, 0.25) is 0 Å². The molecule has 0 bridgehead atoms. The van der Waals surface area contributed by atoms with E-state index in [0.29, 0.717) is 6.54 Å². The molecular weight excluding hydrogens is 242 g/mol. The summed E-state index contributed by atoms with van der Waals surface area (Å²) in [6.07, 6.45) is 0. The lowest BCUT2D eigenvalue weighted by atomic mass is 10.2. The quantitative estimate of drug-likeness (QED) is 0.861. The van der Waals surface area contributed by atoms with Gasteiger partial charge in [0.15, 0.2) is 0 Å². The fourth-order valence-corrected chi connectivity index (χ4v) is 1.69. The molecule has 3 N–H and O–H groups in total. The molecule has 0 unspecified atom stereocenters. The molecule has 1 heterocycles. The zero-order valence-electron chi connectivity index (χ0n) is 7.50. The number of rotatable bonds is 2. The van der Waals surface area contributed by atoms with Gasteiger partial charge in [-0.1, -0.05) is 30.3 Å². The van der Waals surface area contributed by atoms with E-state index in [4.69, 9.17) is 5.73 Å². The monoisotopic (exact) mass is 251 g/mol. The van der Waals surface area contributed by atoms with Crippen molar-refractivity contribution in [3.8, 4) is 11.4 Å². The van der Waals surface area contributed by atoms with Crippen LogP contribution in [0.5, 0.6) is 0 Å². The van der Waals surface area contributed by atoms with E-state index >= 15 is 0 Å². The summed E-state index contributed by atoms with van der Waals surface area (Å²) in [5.41, 5.74) is 7.52. The lowest BCUT2D eigenvalue weighted by Gasteiger charge is -1.94. The highest BCUT2D eigenvalue weighted by molar-refractivity contribution is 9.10. The molecular formula is C10H10BrN3. The van der Waals surface area contributed by atoms with Crippen LogP contribution in [0, 0.1) is 0 Å². The molecule has 0 aliphatic rings. The number of hydrogen-bond donors (Lipinski definition) is 2. The molecule has 2 rings (SSSR count). The van der Waals surface area contributed by atoms with Crippen molar-refractivity contribution >= 4 is 15.9 Å². The zero-order valence-corrected chi connectivity index (χ0v) is 9.08. The Kier molecular flexibility index (Phi) is 2.65. The number of nitrogens with one attached hydrogen (secondary N) is 1. The number of hydrogen-bond acceptors (Lipinski definition) is 2. The maximum atomic E-state index is 5.54. The molecule has 0 saturated carbocycles. The summed E-state index contributed by atoms with van der Waals surface area (Å²) in [4.78, 5) is 7.50. The molecule has 0 radical (unpaired) electrons. The Balaban J connectivity index is 2.43. The van der Waals surface area contributed by atoms with Gasteiger partial charge >= 0.3 is 0 Å². The van der Waals surface area contributed by atoms with Gasteiger partial charge in [-0.3, -0.25) is 0 Å². The van der Waals surface area contributed by atoms with Gasteiger partial charge in [0.25, 0.3) is 0 Å². The number of nitrogens with two attached hydrogens (primary N) is 1. The first-order valence-electron chi connectivity index (χ1n) is 4.31. The van der Waals surface area contributed by atoms with Crippen molar-refractivity contribution in [3.63, 3.8) is 0 Å². The summed E-state index contributed by atoms with van der Waals surface area (Å²) in [5, 5.41) is 0. The number of H-pyrrole nitrogens is 1. The molecule has 14 heavy (non-hydrogen) atoms. The molecule has 72 valence electrons. The second-order valence-corrected chi connectivity index (χ2v) is 3.68. The number of aromatic amines is 1. The van der Waals surface area contributed by atoms with Crippen LogP contribution in [0.4, 0.5) is 0 Å². The van der Waals surface area contributed by atoms with Gasteiger partial charge in [-0.15, -0.1) is 0 Å². The molecule has 4 heteroatoms. The minimum Gasteiger partial charge on any atom is -0.340 e. The number of benzene rings is 1. The van der Waals surface area contributed by atoms with E-state index in [-0.39, 0.29) is 0 Å². The van der Waals surface area contributed by atoms with Crippen LogP contribution < -0.4 is 5.73 Å². The average Bonchev–Trinajstić information content (AvgIpc) is 2.61. The Morgan fingerprint density at radius 1 is 1.29 bits per heavy atom. The second kappa shape index (κ2) is 3.94. The predicted molar refractivity (Wildman–Crippen MR) is 59.6 cm³/mol. The van der Waals surface area contributed by atoms with Crippen LogP contribution in [0.25, 0.3) is 11.4 Å². The fourth-order valence-electron chi connectivity index (χ4n) is 1.26. The first-order chi connectivity index (χ1) is 6.81. The summed E-state index contributed by atoms with van der Waals surface area (Å²) >= 11 is 3.35. The molecule has 3 nitrogen and oxygen atoms in total. The standard InChI is InChI=1S/C10H10BrN3/c11-9-8(6-12)13-10(14-9)7-4-2-1-3-5-7/h1-5H,6,12H2,(H,13,14). The van der Waals surface area contributed by atoms with Crippen molar-refractivity contribution in [2.75, 3.05) is 0 Å². The first-order valence-corrected chi connectivity index (χ1v) is 5.10. The van der Waals surface area contributed by atoms with E-state index < -0.39 is 0 Å². The Bertz CT molecular complexity index is 422. The molecule has 0 saturated heterocycles. The van der Waals surface area contributed by atoms with Gasteiger partial charge in [0.1, 0.15) is 10.4 Å². The third-order valence-electron chi connectivity index (χ3n) is 1.98. The van der Waals surface area contributed by atoms with Crippen LogP contribution >= 0.6 is 15.9 Å². The summed E-state index contributed by atoms with van der Waals surface area (Å²) in [6, 6.07) is 9.95. The Hall–Kier alpha value is -1.13. The Morgan fingerprint density at radius 3 is 2.57 bits per heavy atom. The van der Waals surface area contributed by atoms with Crippen molar-refractivity contribution in [2.24, 2.45) is 5.73 Å². The van der Waals surface area contributed by atoms with Crippen LogP contribution in [0.1, 0.15) is 5.69 Å². The van der Waals surface area contributed by atoms with E-state index in [0.717, 1.165) is 21.7 Å². The molecule has 0 fully saturated rings. The van der Waals surface area contributed by atoms with Gasteiger partial charge < -0.3 is 10.7 Å². The van der Waals surface area contributed by atoms with E-state index in [1.165, 1.54) is 0 Å². The zero-order chi connectivity index (χ0) is 9.97. The van der Waals surface area contributed by atoms with Crippen LogP contribution in [-0.2, 0) is 6.54 Å². The fraction of sp³-hybridized carbons (Fsp3) is 0.100. The molecule has 1 aromatic heterocycles. The molecule has 0 spiro atoms. The lowest BCUT2D eigenvalue weighted by Crippen LogP contribution is -1.96. The van der Waals surface area contributed by atoms with Gasteiger partial charge in [0.05, 0.1) is 5.69 Å². The normalized spacial score (nSPS) is 10.4. The third kappa shape index (κ3) is 1.71. The van der Waals surface area contributed by atoms with Crippen LogP contribution in [0.15, 0.2) is 34.9 Å². The summed E-state index contributed by atoms with van der Waals surface area (Å²) in [7, 11) is 0. The summed E-state index contributed by atoms with van der Waals surface area (Å²) < 4.78 is 0.791. The van der Waals surface area contributed by atoms with Gasteiger partial charge in [-0.25, -0.2) is 4.98 Å². The Labute approximate surface area is 90.5 Å². The highest BCUT2D eigenvalue weighted by atomic mass is 79.9. The molecule has 2 aromatic rings. The highest BCUT2D eigenvalue weighted by Crippen LogP contribution is 2.20.